The van der Waals surface area contributed by atoms with E-state index in [0.717, 1.165) is 32.6 Å². The smallest absolute Gasteiger partial charge is 0.337 e. The average Bonchev–Trinajstić information content (AvgIpc) is 2.76. The zero-order valence-corrected chi connectivity index (χ0v) is 16.0. The van der Waals surface area contributed by atoms with Gasteiger partial charge in [0.2, 0.25) is 0 Å². The molecule has 2 amide bonds. The molecule has 1 aliphatic rings. The van der Waals surface area contributed by atoms with E-state index in [1.807, 2.05) is 43.3 Å². The van der Waals surface area contributed by atoms with Crippen LogP contribution in [0.5, 0.6) is 5.75 Å². The largest absolute Gasteiger partial charge is 0.496 e. The van der Waals surface area contributed by atoms with Gasteiger partial charge in [-0.05, 0) is 47.0 Å². The number of nitrogens with one attached hydrogen (secondary N) is 1. The van der Waals surface area contributed by atoms with Gasteiger partial charge >= 0.3 is 6.03 Å². The minimum atomic E-state index is -0.222. The Hall–Kier alpha value is -2.34. The lowest BCUT2D eigenvalue weighted by atomic mass is 9.94. The van der Waals surface area contributed by atoms with Crippen LogP contribution >= 0.6 is 15.9 Å². The number of halogens is 1. The third kappa shape index (κ3) is 3.39. The van der Waals surface area contributed by atoms with Gasteiger partial charge in [0.25, 0.3) is 0 Å². The minimum absolute atomic E-state index is 0.0693. The summed E-state index contributed by atoms with van der Waals surface area (Å²) in [5.74, 6) is 0.739. The quantitative estimate of drug-likeness (QED) is 0.831. The van der Waals surface area contributed by atoms with Gasteiger partial charge in [-0.25, -0.2) is 9.80 Å². The van der Waals surface area contributed by atoms with Gasteiger partial charge in [-0.3, -0.25) is 0 Å². The maximum Gasteiger partial charge on any atom is 0.337 e. The molecule has 3 rings (SSSR count). The number of hydrogen-bond acceptors (Lipinski definition) is 3. The van der Waals surface area contributed by atoms with Crippen molar-refractivity contribution in [1.29, 1.82) is 0 Å². The number of hydrogen-bond donors (Lipinski definition) is 1. The molecule has 0 spiro atoms. The number of carbonyl (C=O) groups excluding carboxylic acids is 1. The van der Waals surface area contributed by atoms with Gasteiger partial charge in [-0.15, -0.1) is 0 Å². The van der Waals surface area contributed by atoms with Crippen LogP contribution in [0, 0.1) is 0 Å². The molecule has 1 aliphatic heterocycles. The summed E-state index contributed by atoms with van der Waals surface area (Å²) in [6.45, 7) is 1.99. The molecule has 25 heavy (non-hydrogen) atoms. The molecule has 130 valence electrons. The highest BCUT2D eigenvalue weighted by Crippen LogP contribution is 2.33. The Morgan fingerprint density at radius 3 is 2.68 bits per heavy atom. The molecule has 0 aromatic heterocycles. The average molecular weight is 402 g/mol. The third-order valence-corrected chi connectivity index (χ3v) is 4.86. The summed E-state index contributed by atoms with van der Waals surface area (Å²) >= 11 is 3.56. The van der Waals surface area contributed by atoms with E-state index in [4.69, 9.17) is 9.84 Å². The molecule has 1 unspecified atom stereocenters. The van der Waals surface area contributed by atoms with Gasteiger partial charge in [0.15, 0.2) is 0 Å². The summed E-state index contributed by atoms with van der Waals surface area (Å²) in [4.78, 5) is 12.3. The summed E-state index contributed by atoms with van der Waals surface area (Å²) in [6, 6.07) is 13.6. The lowest BCUT2D eigenvalue weighted by Crippen LogP contribution is -2.41. The Labute approximate surface area is 155 Å². The summed E-state index contributed by atoms with van der Waals surface area (Å²) in [6.07, 6.45) is 0.700. The predicted molar refractivity (Wildman–Crippen MR) is 102 cm³/mol. The van der Waals surface area contributed by atoms with Crippen LogP contribution in [-0.2, 0) is 6.42 Å². The molecule has 0 radical (unpaired) electrons. The molecular weight excluding hydrogens is 382 g/mol. The number of ether oxygens (including phenoxy) is 1. The topological polar surface area (TPSA) is 53.9 Å². The van der Waals surface area contributed by atoms with Crippen molar-refractivity contribution in [2.45, 2.75) is 19.4 Å². The van der Waals surface area contributed by atoms with Gasteiger partial charge in [-0.1, -0.05) is 30.3 Å². The first-order chi connectivity index (χ1) is 12.0. The molecule has 1 N–H and O–H groups in total. The lowest BCUT2D eigenvalue weighted by molar-refractivity contribution is 0.184. The first-order valence-electron chi connectivity index (χ1n) is 8.07. The molecule has 6 heteroatoms. The SMILES string of the molecule is CNC(=O)N1N=C(c2ccccc2)c2cc(OC)c(Br)cc2CC1C. The van der Waals surface area contributed by atoms with E-state index in [1.54, 1.807) is 14.2 Å². The number of methoxy groups -OCH3 is 1. The second kappa shape index (κ2) is 7.27. The summed E-state index contributed by atoms with van der Waals surface area (Å²) in [5, 5.41) is 8.90. The normalized spacial score (nSPS) is 16.6. The Morgan fingerprint density at radius 1 is 1.32 bits per heavy atom. The van der Waals surface area contributed by atoms with E-state index in [9.17, 15) is 4.79 Å². The number of benzene rings is 2. The van der Waals surface area contributed by atoms with Crippen LogP contribution in [0.4, 0.5) is 4.79 Å². The van der Waals surface area contributed by atoms with Crippen LogP contribution in [0.15, 0.2) is 52.0 Å². The van der Waals surface area contributed by atoms with E-state index in [0.29, 0.717) is 6.42 Å². The van der Waals surface area contributed by atoms with Crippen molar-refractivity contribution in [3.8, 4) is 5.75 Å². The Bertz CT molecular complexity index is 821. The third-order valence-electron chi connectivity index (χ3n) is 4.24. The number of fused-ring (bicyclic) bond motifs is 1. The van der Waals surface area contributed by atoms with Crippen LogP contribution in [0.3, 0.4) is 0 Å². The van der Waals surface area contributed by atoms with E-state index < -0.39 is 0 Å². The molecule has 2 aromatic carbocycles. The fourth-order valence-electron chi connectivity index (χ4n) is 2.97. The zero-order chi connectivity index (χ0) is 18.0. The van der Waals surface area contributed by atoms with E-state index in [1.165, 1.54) is 5.01 Å². The number of nitrogens with zero attached hydrogens (tertiary/aromatic N) is 2. The molecule has 2 aromatic rings. The fourth-order valence-corrected chi connectivity index (χ4v) is 3.53. The number of urea groups is 1. The monoisotopic (exact) mass is 401 g/mol. The molecule has 0 saturated heterocycles. The highest BCUT2D eigenvalue weighted by molar-refractivity contribution is 9.10. The number of hydrazone groups is 1. The summed E-state index contributed by atoms with van der Waals surface area (Å²) in [7, 11) is 3.26. The Balaban J connectivity index is 2.24. The standard InChI is InChI=1S/C19H20BrN3O2/c1-12-9-14-10-16(20)17(25-3)11-15(14)18(13-7-5-4-6-8-13)22-23(12)19(24)21-2/h4-8,10-12H,9H2,1-3H3,(H,21,24). The molecule has 1 heterocycles. The highest BCUT2D eigenvalue weighted by Gasteiger charge is 2.27. The Morgan fingerprint density at radius 2 is 2.04 bits per heavy atom. The van der Waals surface area contributed by atoms with Crippen molar-refractivity contribution in [1.82, 2.24) is 10.3 Å². The Kier molecular flexibility index (Phi) is 5.08. The maximum atomic E-state index is 12.3. The van der Waals surface area contributed by atoms with Gasteiger partial charge < -0.3 is 10.1 Å². The van der Waals surface area contributed by atoms with E-state index >= 15 is 0 Å². The van der Waals surface area contributed by atoms with Crippen molar-refractivity contribution in [2.24, 2.45) is 5.10 Å². The predicted octanol–water partition coefficient (Wildman–Crippen LogP) is 3.80. The van der Waals surface area contributed by atoms with E-state index in [-0.39, 0.29) is 12.1 Å². The van der Waals surface area contributed by atoms with Crippen molar-refractivity contribution in [3.63, 3.8) is 0 Å². The molecule has 0 fully saturated rings. The number of rotatable bonds is 2. The molecular formula is C19H20BrN3O2. The minimum Gasteiger partial charge on any atom is -0.496 e. The molecule has 5 nitrogen and oxygen atoms in total. The summed E-state index contributed by atoms with van der Waals surface area (Å²) in [5.41, 5.74) is 3.81. The summed E-state index contributed by atoms with van der Waals surface area (Å²) < 4.78 is 6.35. The van der Waals surface area contributed by atoms with Gasteiger partial charge in [0.1, 0.15) is 5.75 Å². The van der Waals surface area contributed by atoms with Crippen LogP contribution in [0.25, 0.3) is 0 Å². The van der Waals surface area contributed by atoms with Gasteiger partial charge in [-0.2, -0.15) is 5.10 Å². The first-order valence-corrected chi connectivity index (χ1v) is 8.86. The lowest BCUT2D eigenvalue weighted by Gasteiger charge is -2.22. The molecule has 0 aliphatic carbocycles. The first kappa shape index (κ1) is 17.5. The maximum absolute atomic E-state index is 12.3. The molecule has 1 atom stereocenters. The van der Waals surface area contributed by atoms with Crippen LogP contribution in [0.1, 0.15) is 23.6 Å². The van der Waals surface area contributed by atoms with Crippen molar-refractivity contribution in [2.75, 3.05) is 14.2 Å². The van der Waals surface area contributed by atoms with Gasteiger partial charge in [0, 0.05) is 18.2 Å². The van der Waals surface area contributed by atoms with E-state index in [2.05, 4.69) is 27.3 Å². The van der Waals surface area contributed by atoms with Crippen molar-refractivity contribution < 1.29 is 9.53 Å². The highest BCUT2D eigenvalue weighted by atomic mass is 79.9. The van der Waals surface area contributed by atoms with Crippen LogP contribution in [-0.4, -0.2) is 37.0 Å². The molecule has 0 bridgehead atoms. The van der Waals surface area contributed by atoms with Crippen LogP contribution in [0.2, 0.25) is 0 Å². The van der Waals surface area contributed by atoms with Crippen molar-refractivity contribution in [3.05, 3.63) is 63.6 Å². The second-order valence-electron chi connectivity index (χ2n) is 5.91. The van der Waals surface area contributed by atoms with Crippen molar-refractivity contribution >= 4 is 27.7 Å². The fraction of sp³-hybridized carbons (Fsp3) is 0.263. The van der Waals surface area contributed by atoms with Crippen LogP contribution < -0.4 is 10.1 Å². The second-order valence-corrected chi connectivity index (χ2v) is 6.77. The number of amides is 2. The number of carbonyl (C=O) groups is 1. The zero-order valence-electron chi connectivity index (χ0n) is 14.4. The molecule has 0 saturated carbocycles. The van der Waals surface area contributed by atoms with Gasteiger partial charge in [0.05, 0.1) is 23.3 Å².